The van der Waals surface area contributed by atoms with Gasteiger partial charge in [0.05, 0.1) is 6.54 Å². The summed E-state index contributed by atoms with van der Waals surface area (Å²) in [6, 6.07) is 10.5. The number of hydrazine groups is 1. The predicted molar refractivity (Wildman–Crippen MR) is 105 cm³/mol. The zero-order valence-corrected chi connectivity index (χ0v) is 16.0. The van der Waals surface area contributed by atoms with E-state index in [0.717, 1.165) is 17.2 Å². The minimum absolute atomic E-state index is 0.0191. The molecule has 1 saturated heterocycles. The van der Waals surface area contributed by atoms with Crippen LogP contribution in [0.2, 0.25) is 0 Å². The molecule has 2 aromatic heterocycles. The van der Waals surface area contributed by atoms with Crippen molar-refractivity contribution < 1.29 is 9.21 Å². The summed E-state index contributed by atoms with van der Waals surface area (Å²) in [4.78, 5) is 16.6. The average Bonchev–Trinajstić information content (AvgIpc) is 3.31. The van der Waals surface area contributed by atoms with Crippen LogP contribution in [0.3, 0.4) is 0 Å². The van der Waals surface area contributed by atoms with Gasteiger partial charge >= 0.3 is 0 Å². The fraction of sp³-hybridized carbons (Fsp3) is 0.400. The van der Waals surface area contributed by atoms with Crippen LogP contribution in [0.25, 0.3) is 22.4 Å². The first kappa shape index (κ1) is 18.5. The largest absolute Gasteiger partial charge is 0.417 e. The second-order valence-corrected chi connectivity index (χ2v) is 7.23. The molecule has 8 nitrogen and oxygen atoms in total. The number of nitrogens with zero attached hydrogens (tertiary/aromatic N) is 3. The third kappa shape index (κ3) is 3.88. The first-order chi connectivity index (χ1) is 13.6. The number of rotatable bonds is 6. The Hall–Kier alpha value is -2.84. The van der Waals surface area contributed by atoms with Crippen molar-refractivity contribution in [3.8, 4) is 11.6 Å². The van der Waals surface area contributed by atoms with Crippen LogP contribution in [0, 0.1) is 5.92 Å². The Balaban J connectivity index is 1.35. The maximum atomic E-state index is 12.2. The zero-order chi connectivity index (χ0) is 19.5. The van der Waals surface area contributed by atoms with Crippen molar-refractivity contribution in [1.29, 1.82) is 0 Å². The molecule has 0 bridgehead atoms. The molecule has 3 aromatic rings. The molecule has 1 aromatic carbocycles. The summed E-state index contributed by atoms with van der Waals surface area (Å²) in [7, 11) is 0. The molecule has 1 aliphatic heterocycles. The monoisotopic (exact) mass is 380 g/mol. The molecular weight excluding hydrogens is 356 g/mol. The van der Waals surface area contributed by atoms with E-state index < -0.39 is 0 Å². The lowest BCUT2D eigenvalue weighted by molar-refractivity contribution is -0.121. The van der Waals surface area contributed by atoms with Gasteiger partial charge in [-0.3, -0.25) is 20.6 Å². The molecule has 4 rings (SSSR count). The van der Waals surface area contributed by atoms with Crippen molar-refractivity contribution in [1.82, 2.24) is 31.3 Å². The van der Waals surface area contributed by atoms with Crippen molar-refractivity contribution in [3.63, 3.8) is 0 Å². The number of carbonyl (C=O) groups excluding carboxylic acids is 1. The topological polar surface area (TPSA) is 105 Å². The Bertz CT molecular complexity index is 957. The van der Waals surface area contributed by atoms with E-state index in [9.17, 15) is 4.79 Å². The number of fused-ring (bicyclic) bond motifs is 1. The Labute approximate surface area is 163 Å². The summed E-state index contributed by atoms with van der Waals surface area (Å²) in [5.41, 5.74) is 7.07. The van der Waals surface area contributed by atoms with Crippen molar-refractivity contribution in [3.05, 3.63) is 42.4 Å². The van der Waals surface area contributed by atoms with E-state index in [2.05, 4.69) is 45.2 Å². The Morgan fingerprint density at radius 2 is 1.93 bits per heavy atom. The molecule has 2 unspecified atom stereocenters. The van der Waals surface area contributed by atoms with Gasteiger partial charge in [0.25, 0.3) is 5.89 Å². The van der Waals surface area contributed by atoms with E-state index in [1.54, 1.807) is 6.20 Å². The van der Waals surface area contributed by atoms with Crippen LogP contribution in [0.5, 0.6) is 0 Å². The van der Waals surface area contributed by atoms with Crippen LogP contribution in [0.15, 0.2) is 40.9 Å². The molecule has 1 aliphatic rings. The van der Waals surface area contributed by atoms with Crippen molar-refractivity contribution in [2.45, 2.75) is 45.3 Å². The highest BCUT2D eigenvalue weighted by atomic mass is 16.4. The molecule has 3 heterocycles. The highest BCUT2D eigenvalue weighted by molar-refractivity contribution is 5.92. The highest BCUT2D eigenvalue weighted by Crippen LogP contribution is 2.25. The number of hydrogen-bond acceptors (Lipinski definition) is 7. The second-order valence-electron chi connectivity index (χ2n) is 7.23. The first-order valence-electron chi connectivity index (χ1n) is 9.56. The maximum Gasteiger partial charge on any atom is 0.266 e. The fourth-order valence-corrected chi connectivity index (χ4v) is 3.68. The van der Waals surface area contributed by atoms with Crippen LogP contribution >= 0.6 is 0 Å². The van der Waals surface area contributed by atoms with E-state index >= 15 is 0 Å². The summed E-state index contributed by atoms with van der Waals surface area (Å²) in [6.07, 6.45) is 3.01. The molecule has 0 aliphatic carbocycles. The van der Waals surface area contributed by atoms with E-state index in [-0.39, 0.29) is 12.5 Å². The number of carbonyl (C=O) groups is 1. The van der Waals surface area contributed by atoms with Crippen LogP contribution in [0.4, 0.5) is 0 Å². The molecule has 0 radical (unpaired) electrons. The van der Waals surface area contributed by atoms with Crippen molar-refractivity contribution in [2.75, 3.05) is 0 Å². The van der Waals surface area contributed by atoms with Crippen LogP contribution < -0.4 is 16.2 Å². The summed E-state index contributed by atoms with van der Waals surface area (Å²) in [5.74, 6) is 1.13. The second kappa shape index (κ2) is 8.04. The molecule has 146 valence electrons. The lowest BCUT2D eigenvalue weighted by atomic mass is 9.91. The number of hydrogen-bond donors (Lipinski definition) is 3. The third-order valence-corrected chi connectivity index (χ3v) is 5.31. The predicted octanol–water partition coefficient (Wildman–Crippen LogP) is 2.18. The molecule has 28 heavy (non-hydrogen) atoms. The number of pyridine rings is 1. The van der Waals surface area contributed by atoms with E-state index in [1.165, 1.54) is 0 Å². The van der Waals surface area contributed by atoms with Gasteiger partial charge < -0.3 is 9.73 Å². The minimum atomic E-state index is -0.0191. The van der Waals surface area contributed by atoms with Crippen LogP contribution in [0.1, 0.15) is 32.6 Å². The molecule has 0 spiro atoms. The Kier molecular flexibility index (Phi) is 5.31. The molecule has 0 saturated carbocycles. The summed E-state index contributed by atoms with van der Waals surface area (Å²) in [6.45, 7) is 4.46. The molecular formula is C20H24N6O2. The average molecular weight is 380 g/mol. The van der Waals surface area contributed by atoms with Gasteiger partial charge in [-0.15, -0.1) is 10.2 Å². The normalized spacial score (nSPS) is 21.9. The Morgan fingerprint density at radius 1 is 1.14 bits per heavy atom. The maximum absolute atomic E-state index is 12.2. The van der Waals surface area contributed by atoms with Crippen LogP contribution in [-0.4, -0.2) is 33.2 Å². The van der Waals surface area contributed by atoms with E-state index in [0.29, 0.717) is 41.9 Å². The highest BCUT2D eigenvalue weighted by Gasteiger charge is 2.29. The Morgan fingerprint density at radius 3 is 2.75 bits per heavy atom. The lowest BCUT2D eigenvalue weighted by Gasteiger charge is -2.17. The van der Waals surface area contributed by atoms with E-state index in [1.807, 2.05) is 30.3 Å². The minimum Gasteiger partial charge on any atom is -0.417 e. The SMILES string of the molecule is CC1NNC(C)C1CCC(=O)NCc1nnc(-c2nccc3ccccc23)o1. The lowest BCUT2D eigenvalue weighted by Crippen LogP contribution is -2.30. The van der Waals surface area contributed by atoms with Gasteiger partial charge in [0.2, 0.25) is 11.8 Å². The number of benzene rings is 1. The molecule has 3 N–H and O–H groups in total. The van der Waals surface area contributed by atoms with Crippen molar-refractivity contribution >= 4 is 16.7 Å². The summed E-state index contributed by atoms with van der Waals surface area (Å²) in [5, 5.41) is 13.0. The van der Waals surface area contributed by atoms with Gasteiger partial charge in [-0.25, -0.2) is 0 Å². The number of nitrogens with one attached hydrogen (secondary N) is 3. The van der Waals surface area contributed by atoms with Gasteiger partial charge in [0, 0.05) is 30.1 Å². The van der Waals surface area contributed by atoms with Crippen molar-refractivity contribution in [2.24, 2.45) is 5.92 Å². The zero-order valence-electron chi connectivity index (χ0n) is 16.0. The third-order valence-electron chi connectivity index (χ3n) is 5.31. The van der Waals surface area contributed by atoms with Gasteiger partial charge in [-0.1, -0.05) is 24.3 Å². The molecule has 1 amide bonds. The smallest absolute Gasteiger partial charge is 0.266 e. The summed E-state index contributed by atoms with van der Waals surface area (Å²) >= 11 is 0. The fourth-order valence-electron chi connectivity index (χ4n) is 3.68. The molecule has 2 atom stereocenters. The molecule has 8 heteroatoms. The first-order valence-corrected chi connectivity index (χ1v) is 9.56. The number of aromatic nitrogens is 3. The number of amides is 1. The molecule has 1 fully saturated rings. The summed E-state index contributed by atoms with van der Waals surface area (Å²) < 4.78 is 5.72. The van der Waals surface area contributed by atoms with Gasteiger partial charge in [-0.05, 0) is 37.6 Å². The van der Waals surface area contributed by atoms with Crippen LogP contribution in [-0.2, 0) is 11.3 Å². The van der Waals surface area contributed by atoms with Gasteiger partial charge in [0.15, 0.2) is 0 Å². The quantitative estimate of drug-likeness (QED) is 0.602. The van der Waals surface area contributed by atoms with E-state index in [4.69, 9.17) is 4.42 Å². The van der Waals surface area contributed by atoms with Gasteiger partial charge in [-0.2, -0.15) is 0 Å². The van der Waals surface area contributed by atoms with Gasteiger partial charge in [0.1, 0.15) is 5.69 Å². The standard InChI is InChI=1S/C20H24N6O2/c1-12-15(13(2)24-23-12)7-8-17(27)22-11-18-25-26-20(28-18)19-16-6-4-3-5-14(16)9-10-21-19/h3-6,9-10,12-13,15,23-24H,7-8,11H2,1-2H3,(H,22,27).